The van der Waals surface area contributed by atoms with Crippen LogP contribution >= 0.6 is 0 Å². The molecule has 1 saturated heterocycles. The lowest BCUT2D eigenvalue weighted by atomic mass is 10.2. The summed E-state index contributed by atoms with van der Waals surface area (Å²) in [6, 6.07) is 6.08. The van der Waals surface area contributed by atoms with Gasteiger partial charge in [-0.25, -0.2) is 25.6 Å². The Morgan fingerprint density at radius 1 is 0.857 bits per heavy atom. The van der Waals surface area contributed by atoms with Crippen molar-refractivity contribution in [3.63, 3.8) is 0 Å². The Labute approximate surface area is 163 Å². The zero-order chi connectivity index (χ0) is 20.5. The van der Waals surface area contributed by atoms with Crippen LogP contribution in [0.15, 0.2) is 46.2 Å². The fraction of sp³-hybridized carbons (Fsp3) is 0.333. The van der Waals surface area contributed by atoms with Crippen LogP contribution in [0.4, 0.5) is 14.5 Å². The summed E-state index contributed by atoms with van der Waals surface area (Å²) in [4.78, 5) is -0.628. The van der Waals surface area contributed by atoms with Gasteiger partial charge < -0.3 is 0 Å². The zero-order valence-corrected chi connectivity index (χ0v) is 16.8. The third-order valence-electron chi connectivity index (χ3n) is 4.55. The van der Waals surface area contributed by atoms with E-state index in [2.05, 4.69) is 4.72 Å². The number of anilines is 1. The van der Waals surface area contributed by atoms with Gasteiger partial charge in [0.05, 0.1) is 15.5 Å². The number of sulfonamides is 2. The average Bonchev–Trinajstić information content (AvgIpc) is 2.63. The largest absolute Gasteiger partial charge is 0.279 e. The van der Waals surface area contributed by atoms with Crippen molar-refractivity contribution in [3.8, 4) is 0 Å². The van der Waals surface area contributed by atoms with Gasteiger partial charge in [0.25, 0.3) is 10.0 Å². The second kappa shape index (κ2) is 7.76. The summed E-state index contributed by atoms with van der Waals surface area (Å²) in [5.74, 6) is -2.06. The highest BCUT2D eigenvalue weighted by atomic mass is 32.2. The molecule has 1 aliphatic rings. The van der Waals surface area contributed by atoms with Gasteiger partial charge in [-0.15, -0.1) is 0 Å². The number of hydrogen-bond acceptors (Lipinski definition) is 4. The quantitative estimate of drug-likeness (QED) is 0.789. The van der Waals surface area contributed by atoms with E-state index in [1.165, 1.54) is 22.5 Å². The normalized spacial score (nSPS) is 16.1. The monoisotopic (exact) mass is 430 g/mol. The number of halogens is 2. The van der Waals surface area contributed by atoms with E-state index in [1.54, 1.807) is 6.92 Å². The predicted molar refractivity (Wildman–Crippen MR) is 101 cm³/mol. The zero-order valence-electron chi connectivity index (χ0n) is 15.2. The van der Waals surface area contributed by atoms with E-state index in [1.807, 2.05) is 0 Å². The maximum atomic E-state index is 13.4. The standard InChI is InChI=1S/C18H20F2N2O4S2/c1-13-5-6-16(28(25,26)22-7-3-2-4-8-22)12-18(13)21-27(23,24)17-10-14(19)9-15(20)11-17/h5-6,9-12,21H,2-4,7-8H2,1H3. The molecular weight excluding hydrogens is 410 g/mol. The first-order chi connectivity index (χ1) is 13.1. The summed E-state index contributed by atoms with van der Waals surface area (Å²) < 4.78 is 81.1. The van der Waals surface area contributed by atoms with E-state index < -0.39 is 36.6 Å². The average molecular weight is 430 g/mol. The van der Waals surface area contributed by atoms with Crippen LogP contribution in [0.1, 0.15) is 24.8 Å². The molecule has 3 rings (SSSR count). The van der Waals surface area contributed by atoms with Gasteiger partial charge in [0.1, 0.15) is 11.6 Å². The number of piperidine rings is 1. The number of nitrogens with zero attached hydrogens (tertiary/aromatic N) is 1. The first kappa shape index (κ1) is 20.7. The maximum Gasteiger partial charge on any atom is 0.262 e. The van der Waals surface area contributed by atoms with Gasteiger partial charge in [-0.2, -0.15) is 4.31 Å². The molecule has 28 heavy (non-hydrogen) atoms. The van der Waals surface area contributed by atoms with Crippen LogP contribution in [0.5, 0.6) is 0 Å². The van der Waals surface area contributed by atoms with Crippen molar-refractivity contribution in [2.75, 3.05) is 17.8 Å². The van der Waals surface area contributed by atoms with Crippen LogP contribution in [-0.2, 0) is 20.0 Å². The molecule has 1 aliphatic heterocycles. The van der Waals surface area contributed by atoms with E-state index in [9.17, 15) is 25.6 Å². The predicted octanol–water partition coefficient (Wildman–Crippen LogP) is 3.25. The van der Waals surface area contributed by atoms with Crippen LogP contribution < -0.4 is 4.72 Å². The van der Waals surface area contributed by atoms with Crippen LogP contribution in [0.2, 0.25) is 0 Å². The summed E-state index contributed by atoms with van der Waals surface area (Å²) in [6.45, 7) is 2.43. The molecule has 1 N–H and O–H groups in total. The minimum atomic E-state index is -4.31. The summed E-state index contributed by atoms with van der Waals surface area (Å²) >= 11 is 0. The van der Waals surface area contributed by atoms with Gasteiger partial charge in [-0.3, -0.25) is 4.72 Å². The molecule has 1 heterocycles. The molecule has 10 heteroatoms. The number of benzene rings is 2. The Morgan fingerprint density at radius 3 is 2.07 bits per heavy atom. The topological polar surface area (TPSA) is 83.6 Å². The van der Waals surface area contributed by atoms with Crippen LogP contribution in [0.3, 0.4) is 0 Å². The van der Waals surface area contributed by atoms with E-state index >= 15 is 0 Å². The minimum Gasteiger partial charge on any atom is -0.279 e. The molecule has 0 aromatic heterocycles. The highest BCUT2D eigenvalue weighted by Gasteiger charge is 2.27. The number of nitrogens with one attached hydrogen (secondary N) is 1. The molecular formula is C18H20F2N2O4S2. The summed E-state index contributed by atoms with van der Waals surface area (Å²) in [5, 5.41) is 0. The Kier molecular flexibility index (Phi) is 5.74. The van der Waals surface area contributed by atoms with E-state index in [-0.39, 0.29) is 10.6 Å². The SMILES string of the molecule is Cc1ccc(S(=O)(=O)N2CCCCC2)cc1NS(=O)(=O)c1cc(F)cc(F)c1. The number of hydrogen-bond donors (Lipinski definition) is 1. The van der Waals surface area contributed by atoms with Gasteiger partial charge in [0, 0.05) is 19.2 Å². The Hall–Kier alpha value is -2.04. The van der Waals surface area contributed by atoms with Crippen molar-refractivity contribution in [2.24, 2.45) is 0 Å². The van der Waals surface area contributed by atoms with E-state index in [0.717, 1.165) is 19.3 Å². The van der Waals surface area contributed by atoms with Gasteiger partial charge in [-0.05, 0) is 49.6 Å². The smallest absolute Gasteiger partial charge is 0.262 e. The van der Waals surface area contributed by atoms with Crippen LogP contribution in [0.25, 0.3) is 0 Å². The fourth-order valence-corrected chi connectivity index (χ4v) is 5.72. The first-order valence-corrected chi connectivity index (χ1v) is 11.6. The third-order valence-corrected chi connectivity index (χ3v) is 7.79. The molecule has 0 amide bonds. The lowest BCUT2D eigenvalue weighted by molar-refractivity contribution is 0.346. The Bertz CT molecular complexity index is 1080. The fourth-order valence-electron chi connectivity index (χ4n) is 3.01. The lowest BCUT2D eigenvalue weighted by Crippen LogP contribution is -2.35. The molecule has 0 unspecified atom stereocenters. The molecule has 0 saturated carbocycles. The molecule has 2 aromatic carbocycles. The molecule has 0 radical (unpaired) electrons. The van der Waals surface area contributed by atoms with Crippen molar-refractivity contribution in [1.82, 2.24) is 4.31 Å². The highest BCUT2D eigenvalue weighted by molar-refractivity contribution is 7.92. The molecule has 0 aliphatic carbocycles. The molecule has 0 bridgehead atoms. The van der Waals surface area contributed by atoms with Gasteiger partial charge in [0.2, 0.25) is 10.0 Å². The Morgan fingerprint density at radius 2 is 1.46 bits per heavy atom. The second-order valence-corrected chi connectivity index (χ2v) is 10.3. The minimum absolute atomic E-state index is 0.0303. The Balaban J connectivity index is 1.95. The van der Waals surface area contributed by atoms with E-state index in [0.29, 0.717) is 36.9 Å². The number of rotatable bonds is 5. The lowest BCUT2D eigenvalue weighted by Gasteiger charge is -2.26. The molecule has 6 nitrogen and oxygen atoms in total. The third kappa shape index (κ3) is 4.34. The van der Waals surface area contributed by atoms with Crippen molar-refractivity contribution < 1.29 is 25.6 Å². The molecule has 0 atom stereocenters. The van der Waals surface area contributed by atoms with Crippen LogP contribution in [-0.4, -0.2) is 34.2 Å². The van der Waals surface area contributed by atoms with Crippen molar-refractivity contribution >= 4 is 25.7 Å². The van der Waals surface area contributed by atoms with Crippen molar-refractivity contribution in [2.45, 2.75) is 36.0 Å². The van der Waals surface area contributed by atoms with Gasteiger partial charge in [-0.1, -0.05) is 12.5 Å². The summed E-state index contributed by atoms with van der Waals surface area (Å²) in [6.07, 6.45) is 2.51. The molecule has 0 spiro atoms. The highest BCUT2D eigenvalue weighted by Crippen LogP contribution is 2.27. The van der Waals surface area contributed by atoms with E-state index in [4.69, 9.17) is 0 Å². The van der Waals surface area contributed by atoms with Gasteiger partial charge in [0.15, 0.2) is 0 Å². The van der Waals surface area contributed by atoms with Gasteiger partial charge >= 0.3 is 0 Å². The van der Waals surface area contributed by atoms with Crippen LogP contribution in [0, 0.1) is 18.6 Å². The summed E-state index contributed by atoms with van der Waals surface area (Å²) in [7, 11) is -8.06. The van der Waals surface area contributed by atoms with Crippen molar-refractivity contribution in [1.29, 1.82) is 0 Å². The van der Waals surface area contributed by atoms with Crippen molar-refractivity contribution in [3.05, 3.63) is 53.6 Å². The summed E-state index contributed by atoms with van der Waals surface area (Å²) in [5.41, 5.74) is 0.501. The molecule has 1 fully saturated rings. The second-order valence-electron chi connectivity index (χ2n) is 6.65. The molecule has 152 valence electrons. The molecule has 2 aromatic rings. The number of aryl methyl sites for hydroxylation is 1. The maximum absolute atomic E-state index is 13.4. The first-order valence-electron chi connectivity index (χ1n) is 8.69.